The zero-order chi connectivity index (χ0) is 19.9. The number of aryl methyl sites for hydroxylation is 1. The Morgan fingerprint density at radius 3 is 2.61 bits per heavy atom. The van der Waals surface area contributed by atoms with Gasteiger partial charge in [-0.25, -0.2) is 9.97 Å². The zero-order valence-electron chi connectivity index (χ0n) is 15.1. The number of nitrogens with zero attached hydrogens (tertiary/aromatic N) is 3. The maximum Gasteiger partial charge on any atom is 0.434 e. The number of hydrogen-bond donors (Lipinski definition) is 3. The van der Waals surface area contributed by atoms with Gasteiger partial charge in [0.2, 0.25) is 5.91 Å². The average molecular weight is 528 g/mol. The minimum Gasteiger partial charge on any atom is -0.356 e. The fourth-order valence-electron chi connectivity index (χ4n) is 2.01. The maximum absolute atomic E-state index is 12.5. The summed E-state index contributed by atoms with van der Waals surface area (Å²) < 4.78 is 37.6. The number of alkyl halides is 3. The van der Waals surface area contributed by atoms with Gasteiger partial charge in [0, 0.05) is 31.1 Å². The Morgan fingerprint density at radius 2 is 2.00 bits per heavy atom. The van der Waals surface area contributed by atoms with Crippen molar-refractivity contribution in [2.24, 2.45) is 4.99 Å². The van der Waals surface area contributed by atoms with Crippen LogP contribution in [0.15, 0.2) is 28.6 Å². The average Bonchev–Trinajstić information content (AvgIpc) is 3.07. The Labute approximate surface area is 181 Å². The number of pyridine rings is 1. The van der Waals surface area contributed by atoms with Crippen molar-refractivity contribution in [2.75, 3.05) is 18.9 Å². The largest absolute Gasteiger partial charge is 0.434 e. The molecule has 154 valence electrons. The molecule has 0 atom stereocenters. The third-order valence-electron chi connectivity index (χ3n) is 3.27. The topological polar surface area (TPSA) is 91.3 Å². The first-order valence-corrected chi connectivity index (χ1v) is 8.85. The molecular formula is C16H20F3IN6OS. The highest BCUT2D eigenvalue weighted by Gasteiger charge is 2.33. The van der Waals surface area contributed by atoms with Crippen LogP contribution in [-0.2, 0) is 17.5 Å². The summed E-state index contributed by atoms with van der Waals surface area (Å²) in [6.07, 6.45) is -4.28. The van der Waals surface area contributed by atoms with Gasteiger partial charge in [-0.15, -0.1) is 35.3 Å². The van der Waals surface area contributed by atoms with E-state index in [9.17, 15) is 18.0 Å². The van der Waals surface area contributed by atoms with Gasteiger partial charge < -0.3 is 16.0 Å². The molecule has 1 amide bonds. The quantitative estimate of drug-likeness (QED) is 0.305. The van der Waals surface area contributed by atoms with Gasteiger partial charge in [0.15, 0.2) is 11.7 Å². The molecule has 0 aliphatic rings. The van der Waals surface area contributed by atoms with Crippen LogP contribution in [0.3, 0.4) is 0 Å². The normalized spacial score (nSPS) is 11.5. The molecule has 2 aromatic rings. The lowest BCUT2D eigenvalue weighted by molar-refractivity contribution is -0.140. The molecule has 0 fully saturated rings. The fourth-order valence-corrected chi connectivity index (χ4v) is 2.76. The van der Waals surface area contributed by atoms with Gasteiger partial charge in [-0.1, -0.05) is 6.07 Å². The van der Waals surface area contributed by atoms with Crippen molar-refractivity contribution in [3.8, 4) is 0 Å². The number of carbonyl (C=O) groups is 1. The Balaban J connectivity index is 0.00000392. The van der Waals surface area contributed by atoms with Crippen molar-refractivity contribution in [1.29, 1.82) is 0 Å². The van der Waals surface area contributed by atoms with Crippen LogP contribution in [0.4, 0.5) is 19.0 Å². The molecule has 0 bridgehead atoms. The van der Waals surface area contributed by atoms with Gasteiger partial charge in [-0.05, 0) is 19.1 Å². The summed E-state index contributed by atoms with van der Waals surface area (Å²) in [5.74, 6) is 0.623. The van der Waals surface area contributed by atoms with Crippen LogP contribution in [0.1, 0.15) is 22.8 Å². The van der Waals surface area contributed by atoms with Gasteiger partial charge in [-0.2, -0.15) is 13.2 Å². The van der Waals surface area contributed by atoms with Crippen LogP contribution in [0.25, 0.3) is 0 Å². The standard InChI is InChI=1S/C16H19F3N6OS.HI/c1-10-4-3-5-12(23-10)25-13(26)6-7-21-15(20-2)22-8-14-24-11(9-27-14)16(17,18)19;/h3-5,9H,6-8H2,1-2H3,(H2,20,21,22)(H,23,25,26);1H. The molecule has 7 nitrogen and oxygen atoms in total. The Bertz CT molecular complexity index is 812. The number of rotatable bonds is 6. The number of guanidine groups is 1. The summed E-state index contributed by atoms with van der Waals surface area (Å²) in [6.45, 7) is 2.22. The molecule has 0 radical (unpaired) electrons. The van der Waals surface area contributed by atoms with E-state index in [0.29, 0.717) is 18.3 Å². The maximum atomic E-state index is 12.5. The number of anilines is 1. The molecule has 28 heavy (non-hydrogen) atoms. The SMILES string of the molecule is CN=C(NCCC(=O)Nc1cccc(C)n1)NCc1nc(C(F)(F)F)cs1.I. The molecule has 2 heterocycles. The predicted octanol–water partition coefficient (Wildman–Crippen LogP) is 3.18. The minimum absolute atomic E-state index is 0. The third-order valence-corrected chi connectivity index (χ3v) is 4.12. The van der Waals surface area contributed by atoms with Crippen molar-refractivity contribution < 1.29 is 18.0 Å². The van der Waals surface area contributed by atoms with E-state index in [1.807, 2.05) is 13.0 Å². The second-order valence-corrected chi connectivity index (χ2v) is 6.38. The van der Waals surface area contributed by atoms with Crippen molar-refractivity contribution in [3.63, 3.8) is 0 Å². The first-order chi connectivity index (χ1) is 12.8. The summed E-state index contributed by atoms with van der Waals surface area (Å²) in [5.41, 5.74) is -0.111. The number of halogens is 4. The van der Waals surface area contributed by atoms with Gasteiger partial charge in [0.05, 0.1) is 6.54 Å². The van der Waals surface area contributed by atoms with E-state index in [2.05, 4.69) is 30.9 Å². The highest BCUT2D eigenvalue weighted by atomic mass is 127. The van der Waals surface area contributed by atoms with Crippen LogP contribution in [0.5, 0.6) is 0 Å². The summed E-state index contributed by atoms with van der Waals surface area (Å²) in [6, 6.07) is 5.32. The van der Waals surface area contributed by atoms with E-state index in [4.69, 9.17) is 0 Å². The molecule has 2 rings (SSSR count). The molecule has 0 unspecified atom stereocenters. The van der Waals surface area contributed by atoms with Crippen molar-refractivity contribution in [1.82, 2.24) is 20.6 Å². The van der Waals surface area contributed by atoms with E-state index < -0.39 is 11.9 Å². The molecule has 2 aromatic heterocycles. The molecule has 3 N–H and O–H groups in total. The van der Waals surface area contributed by atoms with Gasteiger partial charge in [0.25, 0.3) is 0 Å². The molecular weight excluding hydrogens is 508 g/mol. The number of aromatic nitrogens is 2. The Hall–Kier alpha value is -1.96. The molecule has 12 heteroatoms. The van der Waals surface area contributed by atoms with E-state index in [1.54, 1.807) is 12.1 Å². The molecule has 0 saturated heterocycles. The number of hydrogen-bond acceptors (Lipinski definition) is 5. The number of thiazole rings is 1. The van der Waals surface area contributed by atoms with Crippen molar-refractivity contribution >= 4 is 53.0 Å². The number of nitrogens with one attached hydrogen (secondary N) is 3. The highest BCUT2D eigenvalue weighted by molar-refractivity contribution is 14.0. The lowest BCUT2D eigenvalue weighted by atomic mass is 10.3. The monoisotopic (exact) mass is 528 g/mol. The summed E-state index contributed by atoms with van der Waals surface area (Å²) in [5, 5.41) is 9.71. The minimum atomic E-state index is -4.45. The molecule has 0 aliphatic heterocycles. The number of amides is 1. The van der Waals surface area contributed by atoms with E-state index >= 15 is 0 Å². The molecule has 0 saturated carbocycles. The molecule has 0 aliphatic carbocycles. The first kappa shape index (κ1) is 24.1. The molecule has 0 spiro atoms. The lowest BCUT2D eigenvalue weighted by Gasteiger charge is -2.11. The van der Waals surface area contributed by atoms with Crippen molar-refractivity contribution in [3.05, 3.63) is 40.0 Å². The summed E-state index contributed by atoms with van der Waals surface area (Å²) in [7, 11) is 1.52. The van der Waals surface area contributed by atoms with Crippen LogP contribution >= 0.6 is 35.3 Å². The first-order valence-electron chi connectivity index (χ1n) is 7.97. The Morgan fingerprint density at radius 1 is 1.25 bits per heavy atom. The number of carbonyl (C=O) groups excluding carboxylic acids is 1. The third kappa shape index (κ3) is 7.96. The van der Waals surface area contributed by atoms with Gasteiger partial charge >= 0.3 is 6.18 Å². The predicted molar refractivity (Wildman–Crippen MR) is 113 cm³/mol. The summed E-state index contributed by atoms with van der Waals surface area (Å²) >= 11 is 0.913. The van der Waals surface area contributed by atoms with Gasteiger partial charge in [0.1, 0.15) is 10.8 Å². The van der Waals surface area contributed by atoms with E-state index in [0.717, 1.165) is 22.4 Å². The lowest BCUT2D eigenvalue weighted by Crippen LogP contribution is -2.38. The van der Waals surface area contributed by atoms with Crippen LogP contribution < -0.4 is 16.0 Å². The van der Waals surface area contributed by atoms with Crippen LogP contribution in [0.2, 0.25) is 0 Å². The number of aliphatic imine (C=N–C) groups is 1. The van der Waals surface area contributed by atoms with Crippen molar-refractivity contribution in [2.45, 2.75) is 26.1 Å². The summed E-state index contributed by atoms with van der Waals surface area (Å²) in [4.78, 5) is 23.6. The fraction of sp³-hybridized carbons (Fsp3) is 0.375. The van der Waals surface area contributed by atoms with E-state index in [1.165, 1.54) is 7.05 Å². The Kier molecular flexibility index (Phi) is 9.58. The molecule has 0 aromatic carbocycles. The second kappa shape index (κ2) is 11.1. The van der Waals surface area contributed by atoms with Crippen LogP contribution in [-0.4, -0.2) is 35.4 Å². The zero-order valence-corrected chi connectivity index (χ0v) is 18.3. The smallest absolute Gasteiger partial charge is 0.356 e. The van der Waals surface area contributed by atoms with Crippen LogP contribution in [0, 0.1) is 6.92 Å². The van der Waals surface area contributed by atoms with E-state index in [-0.39, 0.29) is 47.9 Å². The second-order valence-electron chi connectivity index (χ2n) is 5.44. The highest BCUT2D eigenvalue weighted by Crippen LogP contribution is 2.29. The van der Waals surface area contributed by atoms with Gasteiger partial charge in [-0.3, -0.25) is 9.79 Å².